The van der Waals surface area contributed by atoms with Crippen LogP contribution in [0.15, 0.2) is 48.6 Å². The monoisotopic (exact) mass is 1080 g/mol. The highest BCUT2D eigenvalue weighted by molar-refractivity contribution is 5.76. The van der Waals surface area contributed by atoms with Crippen molar-refractivity contribution in [1.82, 2.24) is 5.32 Å². The summed E-state index contributed by atoms with van der Waals surface area (Å²) >= 11 is 0. The van der Waals surface area contributed by atoms with Crippen LogP contribution in [0.25, 0.3) is 0 Å². The average molecular weight is 1080 g/mol. The number of carbonyl (C=O) groups is 2. The number of hydrogen-bond donors (Lipinski definition) is 3. The van der Waals surface area contributed by atoms with E-state index in [4.69, 9.17) is 4.74 Å². The van der Waals surface area contributed by atoms with Gasteiger partial charge in [0.05, 0.1) is 25.4 Å². The fraction of sp³-hybridized carbons (Fsp3) is 0.859. The first kappa shape index (κ1) is 74.8. The molecule has 77 heavy (non-hydrogen) atoms. The molecule has 452 valence electrons. The van der Waals surface area contributed by atoms with Crippen molar-refractivity contribution in [3.05, 3.63) is 48.6 Å². The highest BCUT2D eigenvalue weighted by Gasteiger charge is 2.18. The molecule has 0 heterocycles. The van der Waals surface area contributed by atoms with Crippen molar-refractivity contribution in [1.29, 1.82) is 0 Å². The van der Waals surface area contributed by atoms with Gasteiger partial charge in [-0.15, -0.1) is 0 Å². The molecule has 0 bridgehead atoms. The van der Waals surface area contributed by atoms with E-state index in [2.05, 4.69) is 55.6 Å². The smallest absolute Gasteiger partial charge is 0.305 e. The predicted octanol–water partition coefficient (Wildman–Crippen LogP) is 22.1. The van der Waals surface area contributed by atoms with Crippen LogP contribution in [0.3, 0.4) is 0 Å². The number of unbranched alkanes of at least 4 members (excludes halogenated alkanes) is 47. The molecule has 1 amide bonds. The molecule has 0 saturated heterocycles. The van der Waals surface area contributed by atoms with Crippen LogP contribution >= 0.6 is 0 Å². The number of carbonyl (C=O) groups excluding carboxylic acids is 2. The van der Waals surface area contributed by atoms with E-state index in [9.17, 15) is 19.8 Å². The van der Waals surface area contributed by atoms with Crippen LogP contribution in [-0.4, -0.2) is 47.4 Å². The number of hydrogen-bond acceptors (Lipinski definition) is 5. The van der Waals surface area contributed by atoms with E-state index < -0.39 is 12.1 Å². The van der Waals surface area contributed by atoms with Gasteiger partial charge in [0.2, 0.25) is 5.91 Å². The SMILES string of the molecule is CCCCCCCC/C=C\CCCCCCCCCCCC(=O)OCCCCCCCCCCC/C=C\C/C=C\CCCCCCCCCCCCCCCCCC(=O)NC(CO)C(O)/C=C/CCCCCCCCCC. The van der Waals surface area contributed by atoms with Crippen LogP contribution in [0.1, 0.15) is 367 Å². The zero-order valence-electron chi connectivity index (χ0n) is 51.7. The highest BCUT2D eigenvalue weighted by atomic mass is 16.5. The molecule has 2 unspecified atom stereocenters. The maximum absolute atomic E-state index is 12.4. The topological polar surface area (TPSA) is 95.9 Å². The summed E-state index contributed by atoms with van der Waals surface area (Å²) in [4.78, 5) is 24.5. The minimum Gasteiger partial charge on any atom is -0.466 e. The van der Waals surface area contributed by atoms with Crippen LogP contribution in [0, 0.1) is 0 Å². The number of allylic oxidation sites excluding steroid dienone is 7. The minimum atomic E-state index is -0.843. The zero-order chi connectivity index (χ0) is 55.7. The van der Waals surface area contributed by atoms with Crippen molar-refractivity contribution in [2.45, 2.75) is 379 Å². The summed E-state index contributed by atoms with van der Waals surface area (Å²) in [6.07, 6.45) is 86.3. The van der Waals surface area contributed by atoms with E-state index in [1.54, 1.807) is 6.08 Å². The number of ether oxygens (including phenoxy) is 1. The lowest BCUT2D eigenvalue weighted by Crippen LogP contribution is -2.45. The summed E-state index contributed by atoms with van der Waals surface area (Å²) in [6.45, 7) is 4.89. The van der Waals surface area contributed by atoms with Crippen molar-refractivity contribution in [2.75, 3.05) is 13.2 Å². The van der Waals surface area contributed by atoms with Crippen LogP contribution in [-0.2, 0) is 14.3 Å². The van der Waals surface area contributed by atoms with Gasteiger partial charge in [-0.05, 0) is 89.9 Å². The number of esters is 1. The average Bonchev–Trinajstić information content (AvgIpc) is 3.43. The van der Waals surface area contributed by atoms with Gasteiger partial charge in [0.15, 0.2) is 0 Å². The summed E-state index contributed by atoms with van der Waals surface area (Å²) < 4.78 is 5.50. The Morgan fingerprint density at radius 2 is 0.649 bits per heavy atom. The third kappa shape index (κ3) is 62.9. The van der Waals surface area contributed by atoms with E-state index in [-0.39, 0.29) is 18.5 Å². The number of nitrogens with one attached hydrogen (secondary N) is 1. The molecule has 0 aromatic carbocycles. The molecule has 0 aromatic heterocycles. The fourth-order valence-electron chi connectivity index (χ4n) is 10.5. The standard InChI is InChI=1S/C71H133NO5/c1-3-5-7-9-11-13-15-16-17-18-32-36-39-42-45-49-53-57-61-65-71(76)77-66-62-58-54-50-46-43-40-37-34-31-29-27-25-23-21-19-20-22-24-26-28-30-33-35-38-41-44-48-52-56-60-64-70(75)72-68(67-73)69(74)63-59-55-51-47-14-12-10-8-6-4-2/h16-17,21,23,27,29,59,63,68-69,73-74H,3-15,18-20,22,24-26,28,30-58,60-62,64-67H2,1-2H3,(H,72,75)/b17-16-,23-21-,29-27-,63-59+. The first-order chi connectivity index (χ1) is 38.0. The Labute approximate surface area is 480 Å². The van der Waals surface area contributed by atoms with Crippen molar-refractivity contribution in [3.63, 3.8) is 0 Å². The Morgan fingerprint density at radius 3 is 1.00 bits per heavy atom. The molecule has 6 heteroatoms. The summed E-state index contributed by atoms with van der Waals surface area (Å²) in [5.74, 6) is -0.0563. The Kier molecular flexibility index (Phi) is 64.5. The van der Waals surface area contributed by atoms with Crippen LogP contribution in [0.2, 0.25) is 0 Å². The second kappa shape index (κ2) is 66.3. The Morgan fingerprint density at radius 1 is 0.364 bits per heavy atom. The first-order valence-corrected chi connectivity index (χ1v) is 34.4. The molecule has 0 fully saturated rings. The highest BCUT2D eigenvalue weighted by Crippen LogP contribution is 2.17. The second-order valence-corrected chi connectivity index (χ2v) is 23.5. The van der Waals surface area contributed by atoms with Crippen molar-refractivity contribution >= 4 is 11.9 Å². The third-order valence-electron chi connectivity index (χ3n) is 15.8. The summed E-state index contributed by atoms with van der Waals surface area (Å²) in [6, 6.07) is -0.626. The van der Waals surface area contributed by atoms with Crippen molar-refractivity contribution < 1.29 is 24.5 Å². The lowest BCUT2D eigenvalue weighted by Gasteiger charge is -2.20. The van der Waals surface area contributed by atoms with Crippen LogP contribution < -0.4 is 5.32 Å². The van der Waals surface area contributed by atoms with Crippen molar-refractivity contribution in [2.24, 2.45) is 0 Å². The molecular weight excluding hydrogens is 947 g/mol. The number of amides is 1. The van der Waals surface area contributed by atoms with E-state index in [0.29, 0.717) is 19.4 Å². The maximum Gasteiger partial charge on any atom is 0.305 e. The Hall–Kier alpha value is -2.18. The molecule has 0 radical (unpaired) electrons. The van der Waals surface area contributed by atoms with E-state index in [1.165, 1.54) is 289 Å². The lowest BCUT2D eigenvalue weighted by molar-refractivity contribution is -0.143. The van der Waals surface area contributed by atoms with Gasteiger partial charge in [0.1, 0.15) is 0 Å². The summed E-state index contributed by atoms with van der Waals surface area (Å²) in [5.41, 5.74) is 0. The van der Waals surface area contributed by atoms with Crippen LogP contribution in [0.4, 0.5) is 0 Å². The van der Waals surface area contributed by atoms with Crippen molar-refractivity contribution in [3.8, 4) is 0 Å². The van der Waals surface area contributed by atoms with Crippen LogP contribution in [0.5, 0.6) is 0 Å². The first-order valence-electron chi connectivity index (χ1n) is 34.4. The molecule has 0 aliphatic carbocycles. The molecule has 3 N–H and O–H groups in total. The van der Waals surface area contributed by atoms with Gasteiger partial charge >= 0.3 is 5.97 Å². The van der Waals surface area contributed by atoms with E-state index >= 15 is 0 Å². The molecule has 0 aromatic rings. The summed E-state index contributed by atoms with van der Waals surface area (Å²) in [7, 11) is 0. The molecule has 0 rings (SSSR count). The molecule has 0 spiro atoms. The quantitative estimate of drug-likeness (QED) is 0.0320. The number of aliphatic hydroxyl groups is 2. The molecular formula is C71H133NO5. The Bertz CT molecular complexity index is 1290. The number of rotatable bonds is 64. The van der Waals surface area contributed by atoms with Gasteiger partial charge in [-0.1, -0.05) is 313 Å². The lowest BCUT2D eigenvalue weighted by atomic mass is 10.0. The number of aliphatic hydroxyl groups excluding tert-OH is 2. The molecule has 6 nitrogen and oxygen atoms in total. The van der Waals surface area contributed by atoms with Gasteiger partial charge in [0.25, 0.3) is 0 Å². The van der Waals surface area contributed by atoms with Gasteiger partial charge in [-0.25, -0.2) is 0 Å². The molecule has 0 saturated carbocycles. The predicted molar refractivity (Wildman–Crippen MR) is 338 cm³/mol. The van der Waals surface area contributed by atoms with Gasteiger partial charge in [-0.2, -0.15) is 0 Å². The normalized spacial score (nSPS) is 12.8. The van der Waals surface area contributed by atoms with Gasteiger partial charge in [0, 0.05) is 12.8 Å². The third-order valence-corrected chi connectivity index (χ3v) is 15.8. The molecule has 0 aliphatic heterocycles. The zero-order valence-corrected chi connectivity index (χ0v) is 51.7. The maximum atomic E-state index is 12.4. The van der Waals surface area contributed by atoms with E-state index in [1.807, 2.05) is 6.08 Å². The van der Waals surface area contributed by atoms with E-state index in [0.717, 1.165) is 51.4 Å². The Balaban J connectivity index is 3.37. The van der Waals surface area contributed by atoms with Gasteiger partial charge in [-0.3, -0.25) is 9.59 Å². The summed E-state index contributed by atoms with van der Waals surface area (Å²) in [5, 5.41) is 23.0. The van der Waals surface area contributed by atoms with Gasteiger partial charge < -0.3 is 20.3 Å². The fourth-order valence-corrected chi connectivity index (χ4v) is 10.5. The largest absolute Gasteiger partial charge is 0.466 e. The molecule has 2 atom stereocenters. The molecule has 0 aliphatic rings. The minimum absolute atomic E-state index is 0.0124. The second-order valence-electron chi connectivity index (χ2n) is 23.5.